The van der Waals surface area contributed by atoms with Crippen molar-refractivity contribution in [2.45, 2.75) is 26.9 Å². The molecule has 0 saturated carbocycles. The normalized spacial score (nSPS) is 10.6. The highest BCUT2D eigenvalue weighted by molar-refractivity contribution is 5.90. The summed E-state index contributed by atoms with van der Waals surface area (Å²) in [6.45, 7) is 4.31. The number of aryl methyl sites for hydroxylation is 3. The van der Waals surface area contributed by atoms with E-state index in [2.05, 4.69) is 5.10 Å². The third-order valence-electron chi connectivity index (χ3n) is 3.05. The third kappa shape index (κ3) is 2.57. The van der Waals surface area contributed by atoms with Gasteiger partial charge in [0.2, 0.25) is 0 Å². The number of aromatic carboxylic acids is 1. The van der Waals surface area contributed by atoms with Crippen LogP contribution in [0.3, 0.4) is 0 Å². The number of hydrogen-bond acceptors (Lipinski definition) is 3. The minimum Gasteiger partial charge on any atom is -0.478 e. The monoisotopic (exact) mass is 261 g/mol. The molecule has 0 aliphatic carbocycles. The van der Waals surface area contributed by atoms with E-state index in [4.69, 9.17) is 5.11 Å². The molecular formula is C13H15N3O3. The van der Waals surface area contributed by atoms with Crippen molar-refractivity contribution in [3.63, 3.8) is 0 Å². The molecule has 2 heterocycles. The van der Waals surface area contributed by atoms with Gasteiger partial charge in [0.15, 0.2) is 0 Å². The summed E-state index contributed by atoms with van der Waals surface area (Å²) < 4.78 is 3.19. The molecule has 0 atom stereocenters. The first-order chi connectivity index (χ1) is 9.00. The maximum atomic E-state index is 11.5. The Morgan fingerprint density at radius 1 is 1.32 bits per heavy atom. The second-order valence-corrected chi connectivity index (χ2v) is 4.31. The molecule has 6 heteroatoms. The largest absolute Gasteiger partial charge is 0.478 e. The van der Waals surface area contributed by atoms with Gasteiger partial charge in [0.05, 0.1) is 17.9 Å². The van der Waals surface area contributed by atoms with Crippen molar-refractivity contribution in [3.05, 3.63) is 51.7 Å². The van der Waals surface area contributed by atoms with Crippen LogP contribution in [0, 0.1) is 13.8 Å². The van der Waals surface area contributed by atoms with Crippen molar-refractivity contribution in [2.75, 3.05) is 0 Å². The predicted molar refractivity (Wildman–Crippen MR) is 69.4 cm³/mol. The van der Waals surface area contributed by atoms with Crippen LogP contribution >= 0.6 is 0 Å². The fraction of sp³-hybridized carbons (Fsp3) is 0.308. The molecule has 0 saturated heterocycles. The molecule has 0 unspecified atom stereocenters. The Kier molecular flexibility index (Phi) is 3.50. The lowest BCUT2D eigenvalue weighted by Crippen LogP contribution is -2.21. The number of rotatable bonds is 4. The van der Waals surface area contributed by atoms with Crippen LogP contribution in [0.25, 0.3) is 0 Å². The Hall–Kier alpha value is -2.37. The average Bonchev–Trinajstić information content (AvgIpc) is 2.63. The molecule has 0 radical (unpaired) electrons. The summed E-state index contributed by atoms with van der Waals surface area (Å²) in [5, 5.41) is 13.3. The highest BCUT2D eigenvalue weighted by Gasteiger charge is 2.17. The van der Waals surface area contributed by atoms with Gasteiger partial charge in [0.25, 0.3) is 5.56 Å². The SMILES string of the molecule is Cc1nn(CCn2ccccc2=O)c(C)c1C(=O)O. The van der Waals surface area contributed by atoms with Crippen molar-refractivity contribution in [3.8, 4) is 0 Å². The summed E-state index contributed by atoms with van der Waals surface area (Å²) in [7, 11) is 0. The molecule has 0 spiro atoms. The third-order valence-corrected chi connectivity index (χ3v) is 3.05. The van der Waals surface area contributed by atoms with Crippen LogP contribution in [0.5, 0.6) is 0 Å². The number of pyridine rings is 1. The van der Waals surface area contributed by atoms with Crippen molar-refractivity contribution in [1.82, 2.24) is 14.3 Å². The van der Waals surface area contributed by atoms with Crippen LogP contribution in [-0.2, 0) is 13.1 Å². The van der Waals surface area contributed by atoms with Crippen molar-refractivity contribution in [2.24, 2.45) is 0 Å². The molecule has 2 aromatic heterocycles. The molecule has 1 N–H and O–H groups in total. The van der Waals surface area contributed by atoms with Gasteiger partial charge < -0.3 is 9.67 Å². The van der Waals surface area contributed by atoms with Crippen LogP contribution in [0.4, 0.5) is 0 Å². The summed E-state index contributed by atoms with van der Waals surface area (Å²) in [6, 6.07) is 4.96. The molecular weight excluding hydrogens is 246 g/mol. The van der Waals surface area contributed by atoms with E-state index in [1.807, 2.05) is 0 Å². The Bertz CT molecular complexity index is 670. The summed E-state index contributed by atoms with van der Waals surface area (Å²) in [5.74, 6) is -0.974. The lowest BCUT2D eigenvalue weighted by atomic mass is 10.2. The second kappa shape index (κ2) is 5.09. The van der Waals surface area contributed by atoms with Gasteiger partial charge in [-0.05, 0) is 19.9 Å². The Balaban J connectivity index is 2.22. The van der Waals surface area contributed by atoms with Crippen LogP contribution in [0.2, 0.25) is 0 Å². The van der Waals surface area contributed by atoms with Gasteiger partial charge in [-0.25, -0.2) is 4.79 Å². The molecule has 0 aliphatic rings. The molecule has 19 heavy (non-hydrogen) atoms. The maximum Gasteiger partial charge on any atom is 0.339 e. The topological polar surface area (TPSA) is 77.1 Å². The second-order valence-electron chi connectivity index (χ2n) is 4.31. The zero-order valence-corrected chi connectivity index (χ0v) is 10.8. The van der Waals surface area contributed by atoms with Crippen LogP contribution in [0.1, 0.15) is 21.7 Å². The van der Waals surface area contributed by atoms with Crippen molar-refractivity contribution < 1.29 is 9.90 Å². The molecule has 0 aromatic carbocycles. The van der Waals surface area contributed by atoms with E-state index in [-0.39, 0.29) is 11.1 Å². The number of aromatic nitrogens is 3. The van der Waals surface area contributed by atoms with Gasteiger partial charge >= 0.3 is 5.97 Å². The van der Waals surface area contributed by atoms with E-state index in [0.29, 0.717) is 24.5 Å². The fourth-order valence-corrected chi connectivity index (χ4v) is 2.07. The van der Waals surface area contributed by atoms with Gasteiger partial charge in [0, 0.05) is 18.8 Å². The van der Waals surface area contributed by atoms with Crippen LogP contribution < -0.4 is 5.56 Å². The number of carboxylic acid groups (broad SMARTS) is 1. The first kappa shape index (κ1) is 13.1. The minimum absolute atomic E-state index is 0.0810. The Morgan fingerprint density at radius 3 is 2.63 bits per heavy atom. The maximum absolute atomic E-state index is 11.5. The lowest BCUT2D eigenvalue weighted by molar-refractivity contribution is 0.0695. The predicted octanol–water partition coefficient (Wildman–Crippen LogP) is 1.06. The van der Waals surface area contributed by atoms with Crippen molar-refractivity contribution in [1.29, 1.82) is 0 Å². The van der Waals surface area contributed by atoms with Crippen LogP contribution in [-0.4, -0.2) is 25.4 Å². The van der Waals surface area contributed by atoms with E-state index in [1.165, 1.54) is 6.07 Å². The first-order valence-electron chi connectivity index (χ1n) is 5.93. The summed E-state index contributed by atoms with van der Waals surface area (Å²) in [6.07, 6.45) is 1.70. The summed E-state index contributed by atoms with van der Waals surface area (Å²) in [4.78, 5) is 22.6. The number of nitrogens with zero attached hydrogens (tertiary/aromatic N) is 3. The Labute approximate surface area is 109 Å². The molecule has 2 rings (SSSR count). The summed E-state index contributed by atoms with van der Waals surface area (Å²) in [5.41, 5.74) is 1.25. The van der Waals surface area contributed by atoms with Gasteiger partial charge in [-0.2, -0.15) is 5.10 Å². The summed E-state index contributed by atoms with van der Waals surface area (Å²) >= 11 is 0. The standard InChI is InChI=1S/C13H15N3O3/c1-9-12(13(18)19)10(2)16(14-9)8-7-15-6-4-3-5-11(15)17/h3-6H,7-8H2,1-2H3,(H,18,19). The Morgan fingerprint density at radius 2 is 2.05 bits per heavy atom. The lowest BCUT2D eigenvalue weighted by Gasteiger charge is -2.07. The number of carbonyl (C=O) groups is 1. The molecule has 0 fully saturated rings. The van der Waals surface area contributed by atoms with E-state index < -0.39 is 5.97 Å². The molecule has 100 valence electrons. The number of carboxylic acids is 1. The van der Waals surface area contributed by atoms with Crippen molar-refractivity contribution >= 4 is 5.97 Å². The molecule has 0 bridgehead atoms. The van der Waals surface area contributed by atoms with Gasteiger partial charge in [0.1, 0.15) is 5.56 Å². The van der Waals surface area contributed by atoms with Crippen LogP contribution in [0.15, 0.2) is 29.2 Å². The average molecular weight is 261 g/mol. The van der Waals surface area contributed by atoms with Gasteiger partial charge in [-0.1, -0.05) is 6.07 Å². The van der Waals surface area contributed by atoms with Gasteiger partial charge in [-0.15, -0.1) is 0 Å². The zero-order chi connectivity index (χ0) is 14.0. The van der Waals surface area contributed by atoms with E-state index in [9.17, 15) is 9.59 Å². The van der Waals surface area contributed by atoms with E-state index in [1.54, 1.807) is 41.4 Å². The highest BCUT2D eigenvalue weighted by Crippen LogP contribution is 2.12. The smallest absolute Gasteiger partial charge is 0.339 e. The quantitative estimate of drug-likeness (QED) is 0.892. The molecule has 2 aromatic rings. The minimum atomic E-state index is -0.974. The zero-order valence-electron chi connectivity index (χ0n) is 10.8. The molecule has 0 aliphatic heterocycles. The van der Waals surface area contributed by atoms with E-state index in [0.717, 1.165) is 0 Å². The molecule has 6 nitrogen and oxygen atoms in total. The van der Waals surface area contributed by atoms with Gasteiger partial charge in [-0.3, -0.25) is 9.48 Å². The highest BCUT2D eigenvalue weighted by atomic mass is 16.4. The first-order valence-corrected chi connectivity index (χ1v) is 5.93. The molecule has 0 amide bonds. The fourth-order valence-electron chi connectivity index (χ4n) is 2.07. The number of hydrogen-bond donors (Lipinski definition) is 1. The van der Waals surface area contributed by atoms with E-state index >= 15 is 0 Å².